The van der Waals surface area contributed by atoms with Gasteiger partial charge in [0.2, 0.25) is 5.24 Å². The van der Waals surface area contributed by atoms with Gasteiger partial charge < -0.3 is 9.12 Å². The van der Waals surface area contributed by atoms with Gasteiger partial charge in [0, 0.05) is 0 Å². The van der Waals surface area contributed by atoms with Crippen molar-refractivity contribution in [2.75, 3.05) is 13.3 Å². The molecule has 0 bridgehead atoms. The predicted octanol–water partition coefficient (Wildman–Crippen LogP) is 0.741. The standard InChI is InChI=1S/C3H8FO3PS/c1-8(2,5)3(4)9(6)7/h3H,1-2H3,(H,6,7)/p-1. The minimum absolute atomic E-state index is 1.09. The molecule has 0 N–H and O–H groups in total. The lowest BCUT2D eigenvalue weighted by Crippen LogP contribution is -2.07. The summed E-state index contributed by atoms with van der Waals surface area (Å²) < 4.78 is 42.3. The van der Waals surface area contributed by atoms with E-state index in [1.165, 1.54) is 0 Å². The van der Waals surface area contributed by atoms with Crippen molar-refractivity contribution in [2.45, 2.75) is 5.24 Å². The van der Waals surface area contributed by atoms with E-state index in [0.29, 0.717) is 0 Å². The van der Waals surface area contributed by atoms with E-state index < -0.39 is 23.5 Å². The zero-order valence-corrected chi connectivity index (χ0v) is 6.75. The van der Waals surface area contributed by atoms with Gasteiger partial charge in [-0.05, 0) is 24.4 Å². The van der Waals surface area contributed by atoms with Crippen LogP contribution in [0.4, 0.5) is 4.39 Å². The van der Waals surface area contributed by atoms with Gasteiger partial charge in [-0.3, -0.25) is 4.21 Å². The van der Waals surface area contributed by atoms with Gasteiger partial charge >= 0.3 is 0 Å². The lowest BCUT2D eigenvalue weighted by molar-refractivity contribution is 0.457. The molecule has 0 radical (unpaired) electrons. The maximum absolute atomic E-state index is 12.2. The molecule has 0 saturated carbocycles. The highest BCUT2D eigenvalue weighted by Gasteiger charge is 2.22. The second-order valence-corrected chi connectivity index (χ2v) is 6.59. The average Bonchev–Trinajstić information content (AvgIpc) is 1.62. The van der Waals surface area contributed by atoms with Crippen molar-refractivity contribution in [2.24, 2.45) is 0 Å². The maximum Gasteiger partial charge on any atom is 0.213 e. The summed E-state index contributed by atoms with van der Waals surface area (Å²) in [6.45, 7) is 2.18. The fourth-order valence-corrected chi connectivity index (χ4v) is 1.87. The molecule has 3 nitrogen and oxygen atoms in total. The van der Waals surface area contributed by atoms with Gasteiger partial charge in [-0.1, -0.05) is 0 Å². The highest BCUT2D eigenvalue weighted by Crippen LogP contribution is 2.44. The molecule has 0 rings (SSSR count). The topological polar surface area (TPSA) is 57.2 Å². The van der Waals surface area contributed by atoms with Crippen LogP contribution in [0.2, 0.25) is 0 Å². The Kier molecular flexibility index (Phi) is 2.99. The Morgan fingerprint density at radius 3 is 2.00 bits per heavy atom. The van der Waals surface area contributed by atoms with Crippen molar-refractivity contribution in [3.63, 3.8) is 0 Å². The molecular weight excluding hydrogens is 166 g/mol. The van der Waals surface area contributed by atoms with Gasteiger partial charge in [0.25, 0.3) is 0 Å². The Bertz CT molecular complexity index is 164. The van der Waals surface area contributed by atoms with Crippen LogP contribution < -0.4 is 0 Å². The molecule has 0 spiro atoms. The van der Waals surface area contributed by atoms with Crippen LogP contribution in [0.15, 0.2) is 0 Å². The van der Waals surface area contributed by atoms with Crippen molar-refractivity contribution in [3.8, 4) is 0 Å². The van der Waals surface area contributed by atoms with E-state index >= 15 is 0 Å². The monoisotopic (exact) mass is 173 g/mol. The first-order valence-corrected chi connectivity index (χ1v) is 5.93. The maximum atomic E-state index is 12.2. The Morgan fingerprint density at radius 1 is 1.67 bits per heavy atom. The SMILES string of the molecule is CP(C)(=O)C(F)S(=O)[O-]. The minimum Gasteiger partial charge on any atom is -0.770 e. The Hall–Kier alpha value is 0.270. The first-order chi connectivity index (χ1) is 3.85. The van der Waals surface area contributed by atoms with Crippen LogP contribution in [0.1, 0.15) is 0 Å². The summed E-state index contributed by atoms with van der Waals surface area (Å²) in [6, 6.07) is 0. The number of hydrogen-bond donors (Lipinski definition) is 0. The normalized spacial score (nSPS) is 19.1. The summed E-state index contributed by atoms with van der Waals surface area (Å²) in [5, 5.41) is -2.21. The van der Waals surface area contributed by atoms with Crippen LogP contribution in [-0.4, -0.2) is 27.3 Å². The van der Waals surface area contributed by atoms with Gasteiger partial charge in [-0.25, -0.2) is 4.39 Å². The fourth-order valence-electron chi connectivity index (χ4n) is 0.207. The molecule has 0 aliphatic carbocycles. The van der Waals surface area contributed by atoms with Gasteiger partial charge in [0.1, 0.15) is 7.14 Å². The number of halogens is 1. The first kappa shape index (κ1) is 9.27. The number of rotatable bonds is 2. The third-order valence-electron chi connectivity index (χ3n) is 0.648. The van der Waals surface area contributed by atoms with Crippen molar-refractivity contribution >= 4 is 18.2 Å². The van der Waals surface area contributed by atoms with Crippen LogP contribution in [0.5, 0.6) is 0 Å². The van der Waals surface area contributed by atoms with Gasteiger partial charge in [-0.15, -0.1) is 0 Å². The van der Waals surface area contributed by atoms with Crippen LogP contribution in [0, 0.1) is 0 Å². The van der Waals surface area contributed by atoms with Crippen molar-refractivity contribution in [1.82, 2.24) is 0 Å². The zero-order chi connectivity index (χ0) is 7.65. The second kappa shape index (κ2) is 2.90. The second-order valence-electron chi connectivity index (χ2n) is 1.99. The molecule has 0 aliphatic heterocycles. The van der Waals surface area contributed by atoms with Crippen LogP contribution in [-0.2, 0) is 15.6 Å². The predicted molar refractivity (Wildman–Crippen MR) is 33.3 cm³/mol. The Labute approximate surface area is 55.3 Å². The molecule has 0 aromatic carbocycles. The third kappa shape index (κ3) is 3.08. The average molecular weight is 173 g/mol. The number of alkyl halides is 1. The van der Waals surface area contributed by atoms with E-state index in [9.17, 15) is 17.7 Å². The summed E-state index contributed by atoms with van der Waals surface area (Å²) in [6.07, 6.45) is 0. The molecule has 0 heterocycles. The lowest BCUT2D eigenvalue weighted by Gasteiger charge is -2.14. The molecule has 0 aliphatic rings. The lowest BCUT2D eigenvalue weighted by atomic mass is 11.7. The van der Waals surface area contributed by atoms with E-state index in [1.807, 2.05) is 0 Å². The molecule has 0 amide bonds. The quantitative estimate of drug-likeness (QED) is 0.457. The van der Waals surface area contributed by atoms with E-state index in [0.717, 1.165) is 13.3 Å². The van der Waals surface area contributed by atoms with Gasteiger partial charge in [0.15, 0.2) is 0 Å². The Morgan fingerprint density at radius 2 is 2.00 bits per heavy atom. The zero-order valence-electron chi connectivity index (χ0n) is 5.04. The van der Waals surface area contributed by atoms with Crippen molar-refractivity contribution < 1.29 is 17.7 Å². The third-order valence-corrected chi connectivity index (χ3v) is 3.98. The van der Waals surface area contributed by atoms with Crippen LogP contribution >= 0.6 is 7.14 Å². The molecule has 2 atom stereocenters. The molecule has 0 saturated heterocycles. The van der Waals surface area contributed by atoms with E-state index in [2.05, 4.69) is 0 Å². The van der Waals surface area contributed by atoms with Crippen LogP contribution in [0.3, 0.4) is 0 Å². The summed E-state index contributed by atoms with van der Waals surface area (Å²) in [7, 11) is -3.09. The van der Waals surface area contributed by atoms with E-state index in [-0.39, 0.29) is 0 Å². The summed E-state index contributed by atoms with van der Waals surface area (Å²) in [5.74, 6) is 0. The molecule has 0 fully saturated rings. The van der Waals surface area contributed by atoms with Gasteiger partial charge in [-0.2, -0.15) is 0 Å². The summed E-state index contributed by atoms with van der Waals surface area (Å²) >= 11 is -2.86. The molecule has 0 aromatic rings. The van der Waals surface area contributed by atoms with E-state index in [1.54, 1.807) is 0 Å². The molecule has 56 valence electrons. The highest BCUT2D eigenvalue weighted by molar-refractivity contribution is 7.90. The first-order valence-electron chi connectivity index (χ1n) is 2.12. The summed E-state index contributed by atoms with van der Waals surface area (Å²) in [5.41, 5.74) is 0. The minimum atomic E-state index is -3.09. The molecule has 2 unspecified atom stereocenters. The summed E-state index contributed by atoms with van der Waals surface area (Å²) in [4.78, 5) is 0. The Balaban J connectivity index is 4.23. The number of hydrogen-bond acceptors (Lipinski definition) is 3. The van der Waals surface area contributed by atoms with Crippen molar-refractivity contribution in [3.05, 3.63) is 0 Å². The van der Waals surface area contributed by atoms with Crippen LogP contribution in [0.25, 0.3) is 0 Å². The molecule has 6 heteroatoms. The largest absolute Gasteiger partial charge is 0.770 e. The molecule has 0 aromatic heterocycles. The molecular formula is C3H7FO3PS-. The van der Waals surface area contributed by atoms with E-state index in [4.69, 9.17) is 0 Å². The van der Waals surface area contributed by atoms with Gasteiger partial charge in [0.05, 0.1) is 0 Å². The fraction of sp³-hybridized carbons (Fsp3) is 1.00. The molecule has 9 heavy (non-hydrogen) atoms. The highest BCUT2D eigenvalue weighted by atomic mass is 32.2. The van der Waals surface area contributed by atoms with Crippen molar-refractivity contribution in [1.29, 1.82) is 0 Å². The smallest absolute Gasteiger partial charge is 0.213 e.